The Morgan fingerprint density at radius 2 is 1.95 bits per heavy atom. The molecule has 1 aliphatic heterocycles. The van der Waals surface area contributed by atoms with Gasteiger partial charge in [0.25, 0.3) is 5.09 Å². The third kappa shape index (κ3) is 4.71. The number of esters is 1. The Bertz CT molecular complexity index is 1420. The average Bonchev–Trinajstić information content (AvgIpc) is 3.47. The van der Waals surface area contributed by atoms with Crippen LogP contribution >= 0.6 is 0 Å². The number of fused-ring (bicyclic) bond motifs is 7. The molecule has 1 saturated heterocycles. The molecule has 44 heavy (non-hydrogen) atoms. The van der Waals surface area contributed by atoms with Gasteiger partial charge in [-0.3, -0.25) is 9.59 Å². The number of ether oxygens (including phenoxy) is 3. The number of nitrogens with zero attached hydrogens (tertiary/aromatic N) is 1. The van der Waals surface area contributed by atoms with Gasteiger partial charge in [-0.25, -0.2) is 4.79 Å². The molecule has 9 atom stereocenters. The van der Waals surface area contributed by atoms with E-state index in [0.717, 1.165) is 12.0 Å². The Kier molecular flexibility index (Phi) is 7.78. The molecule has 4 aliphatic carbocycles. The predicted octanol–water partition coefficient (Wildman–Crippen LogP) is 4.29. The number of Topliss-reactive ketones (excluding diaryl/α,β-unsaturated/α-hetero) is 1. The molecule has 4 unspecified atom stereocenters. The summed E-state index contributed by atoms with van der Waals surface area (Å²) in [5.41, 5.74) is -0.872. The summed E-state index contributed by atoms with van der Waals surface area (Å²) in [4.78, 5) is 54.2. The molecular formula is C33H39NO10. The van der Waals surface area contributed by atoms with Gasteiger partial charge in [-0.1, -0.05) is 57.0 Å². The highest BCUT2D eigenvalue weighted by Gasteiger charge is 2.75. The van der Waals surface area contributed by atoms with Gasteiger partial charge in [0.2, 0.25) is 5.78 Å². The van der Waals surface area contributed by atoms with Crippen LogP contribution in [-0.4, -0.2) is 58.4 Å². The van der Waals surface area contributed by atoms with E-state index in [1.54, 1.807) is 6.08 Å². The van der Waals surface area contributed by atoms with Gasteiger partial charge in [-0.05, 0) is 61.3 Å². The van der Waals surface area contributed by atoms with E-state index >= 15 is 0 Å². The Morgan fingerprint density at radius 1 is 1.20 bits per heavy atom. The molecular weight excluding hydrogens is 570 g/mol. The fourth-order valence-corrected chi connectivity index (χ4v) is 9.10. The molecule has 1 aromatic carbocycles. The summed E-state index contributed by atoms with van der Waals surface area (Å²) >= 11 is 0. The van der Waals surface area contributed by atoms with Crippen LogP contribution in [0.3, 0.4) is 0 Å². The molecule has 5 aliphatic rings. The molecule has 0 bridgehead atoms. The lowest BCUT2D eigenvalue weighted by Crippen LogP contribution is -2.63. The minimum atomic E-state index is -1.39. The molecule has 11 heteroatoms. The van der Waals surface area contributed by atoms with E-state index in [1.165, 1.54) is 24.3 Å². The SMILES string of the molecule is CCCC1O[C@@H]2CC3C4CC=C5CC(=O)C=C[C@]5(C)C4[C@@H](O)C[C@]3(C)[C@]2(C(=O)COC(=O)c2ccc(CO[N+](=O)[O-])cc2)O1. The molecule has 236 valence electrons. The van der Waals surface area contributed by atoms with E-state index < -0.39 is 52.6 Å². The number of allylic oxidation sites excluding steroid dienone is 4. The third-order valence-electron chi connectivity index (χ3n) is 11.0. The van der Waals surface area contributed by atoms with Crippen LogP contribution in [0, 0.1) is 38.7 Å². The second-order valence-electron chi connectivity index (χ2n) is 13.3. The average molecular weight is 610 g/mol. The minimum absolute atomic E-state index is 0.00212. The zero-order valence-corrected chi connectivity index (χ0v) is 25.2. The monoisotopic (exact) mass is 609 g/mol. The van der Waals surface area contributed by atoms with E-state index in [4.69, 9.17) is 14.2 Å². The normalized spacial score (nSPS) is 38.5. The third-order valence-corrected chi connectivity index (χ3v) is 11.0. The van der Waals surface area contributed by atoms with Crippen LogP contribution in [0.1, 0.15) is 75.2 Å². The van der Waals surface area contributed by atoms with E-state index in [1.807, 2.05) is 19.9 Å². The lowest BCUT2D eigenvalue weighted by Gasteiger charge is -2.59. The van der Waals surface area contributed by atoms with E-state index in [2.05, 4.69) is 17.8 Å². The van der Waals surface area contributed by atoms with Gasteiger partial charge in [0.15, 0.2) is 24.3 Å². The number of benzene rings is 1. The first-order chi connectivity index (χ1) is 20.9. The standard InChI is InChI=1S/C33H39NO10/c1-4-5-28-43-27-15-24-23-11-10-21-14-22(35)12-13-31(21,2)29(23)25(36)16-32(24,3)33(27,44-28)26(37)18-41-30(38)20-8-6-19(7-9-20)17-42-34(39)40/h6-10,12-13,23-25,27-29,36H,4-5,11,14-18H2,1-3H3/t23?,24?,25-,27+,28?,29?,31-,32-,33+/m0/s1. The summed E-state index contributed by atoms with van der Waals surface area (Å²) in [5, 5.41) is 21.4. The van der Waals surface area contributed by atoms with Crippen molar-refractivity contribution in [2.45, 2.75) is 90.0 Å². The van der Waals surface area contributed by atoms with Gasteiger partial charge >= 0.3 is 5.97 Å². The maximum absolute atomic E-state index is 14.3. The highest BCUT2D eigenvalue weighted by Crippen LogP contribution is 2.69. The molecule has 3 fully saturated rings. The van der Waals surface area contributed by atoms with Gasteiger partial charge in [-0.15, -0.1) is 10.1 Å². The molecule has 0 radical (unpaired) electrons. The Hall–Kier alpha value is -3.41. The number of hydrogen-bond acceptors (Lipinski definition) is 10. The molecule has 2 saturated carbocycles. The summed E-state index contributed by atoms with van der Waals surface area (Å²) in [6.45, 7) is 5.36. The largest absolute Gasteiger partial charge is 0.454 e. The number of carbonyl (C=O) groups excluding carboxylic acids is 3. The topological polar surface area (TPSA) is 152 Å². The second kappa shape index (κ2) is 11.2. The predicted molar refractivity (Wildman–Crippen MR) is 154 cm³/mol. The lowest BCUT2D eigenvalue weighted by molar-refractivity contribution is -0.763. The molecule has 1 N–H and O–H groups in total. The van der Waals surface area contributed by atoms with Gasteiger partial charge < -0.3 is 24.2 Å². The van der Waals surface area contributed by atoms with Crippen molar-refractivity contribution < 1.29 is 43.6 Å². The molecule has 6 rings (SSSR count). The smallest absolute Gasteiger partial charge is 0.338 e. The fourth-order valence-electron chi connectivity index (χ4n) is 9.10. The van der Waals surface area contributed by atoms with Crippen LogP contribution in [0.15, 0.2) is 48.1 Å². The first-order valence-electron chi connectivity index (χ1n) is 15.4. The van der Waals surface area contributed by atoms with Crippen LogP contribution in [0.4, 0.5) is 0 Å². The van der Waals surface area contributed by atoms with Crippen LogP contribution < -0.4 is 0 Å². The summed E-state index contributed by atoms with van der Waals surface area (Å²) in [6.07, 6.45) is 7.24. The van der Waals surface area contributed by atoms with Crippen LogP contribution in [0.25, 0.3) is 0 Å². The van der Waals surface area contributed by atoms with Gasteiger partial charge in [0.1, 0.15) is 6.61 Å². The maximum atomic E-state index is 14.3. The van der Waals surface area contributed by atoms with E-state index in [-0.39, 0.29) is 41.5 Å². The number of carbonyl (C=O) groups is 3. The minimum Gasteiger partial charge on any atom is -0.454 e. The van der Waals surface area contributed by atoms with Gasteiger partial charge in [-0.2, -0.15) is 0 Å². The molecule has 0 amide bonds. The van der Waals surface area contributed by atoms with Gasteiger partial charge in [0.05, 0.1) is 17.8 Å². The number of aliphatic hydroxyl groups excluding tert-OH is 1. The summed E-state index contributed by atoms with van der Waals surface area (Å²) in [6, 6.07) is 5.96. The molecule has 1 heterocycles. The lowest BCUT2D eigenvalue weighted by atomic mass is 9.47. The van der Waals surface area contributed by atoms with Crippen molar-refractivity contribution in [3.8, 4) is 0 Å². The van der Waals surface area contributed by atoms with E-state index in [9.17, 15) is 29.6 Å². The van der Waals surface area contributed by atoms with Gasteiger partial charge in [0, 0.05) is 23.2 Å². The summed E-state index contributed by atoms with van der Waals surface area (Å²) in [7, 11) is 0. The zero-order chi connectivity index (χ0) is 31.4. The molecule has 0 spiro atoms. The molecule has 0 aromatic heterocycles. The fraction of sp³-hybridized carbons (Fsp3) is 0.606. The number of ketones is 2. The van der Waals surface area contributed by atoms with Crippen LogP contribution in [0.2, 0.25) is 0 Å². The highest BCUT2D eigenvalue weighted by molar-refractivity contribution is 5.95. The summed E-state index contributed by atoms with van der Waals surface area (Å²) < 4.78 is 18.5. The first-order valence-corrected chi connectivity index (χ1v) is 15.4. The van der Waals surface area contributed by atoms with Crippen molar-refractivity contribution in [1.29, 1.82) is 0 Å². The van der Waals surface area contributed by atoms with Crippen molar-refractivity contribution >= 4 is 17.5 Å². The maximum Gasteiger partial charge on any atom is 0.338 e. The van der Waals surface area contributed by atoms with Crippen LogP contribution in [0.5, 0.6) is 0 Å². The number of aliphatic hydroxyl groups is 1. The number of hydrogen-bond donors (Lipinski definition) is 1. The van der Waals surface area contributed by atoms with Crippen molar-refractivity contribution in [1.82, 2.24) is 0 Å². The van der Waals surface area contributed by atoms with Crippen molar-refractivity contribution in [2.75, 3.05) is 6.61 Å². The summed E-state index contributed by atoms with van der Waals surface area (Å²) in [5.74, 6) is -1.10. The molecule has 11 nitrogen and oxygen atoms in total. The Morgan fingerprint density at radius 3 is 2.66 bits per heavy atom. The highest BCUT2D eigenvalue weighted by atomic mass is 16.9. The van der Waals surface area contributed by atoms with Crippen molar-refractivity contribution in [2.24, 2.45) is 28.6 Å². The first kappa shape index (κ1) is 30.6. The Labute approximate surface area is 255 Å². The van der Waals surface area contributed by atoms with Crippen LogP contribution in [-0.2, 0) is 35.2 Å². The quantitative estimate of drug-likeness (QED) is 0.186. The Balaban J connectivity index is 1.25. The second-order valence-corrected chi connectivity index (χ2v) is 13.3. The van der Waals surface area contributed by atoms with E-state index in [0.29, 0.717) is 37.7 Å². The number of rotatable bonds is 9. The zero-order valence-electron chi connectivity index (χ0n) is 25.2. The van der Waals surface area contributed by atoms with Crippen molar-refractivity contribution in [3.05, 3.63) is 69.3 Å². The molecule has 1 aromatic rings. The van der Waals surface area contributed by atoms with Crippen molar-refractivity contribution in [3.63, 3.8) is 0 Å².